The normalized spacial score (nSPS) is 15.6. The van der Waals surface area contributed by atoms with Gasteiger partial charge >= 0.3 is 7.82 Å². The lowest BCUT2D eigenvalue weighted by Crippen LogP contribution is -2.45. The van der Waals surface area contributed by atoms with Crippen LogP contribution in [0.2, 0.25) is 0 Å². The smallest absolute Gasteiger partial charge is 0.387 e. The van der Waals surface area contributed by atoms with Crippen LogP contribution in [-0.2, 0) is 18.4 Å². The van der Waals surface area contributed by atoms with Crippen LogP contribution in [0.15, 0.2) is 146 Å². The number of nitrogens with one attached hydrogen (secondary N) is 1. The van der Waals surface area contributed by atoms with Crippen LogP contribution in [0, 0.1) is 0 Å². The highest BCUT2D eigenvalue weighted by Gasteiger charge is 2.27. The van der Waals surface area contributed by atoms with Crippen LogP contribution in [0.3, 0.4) is 0 Å². The summed E-state index contributed by atoms with van der Waals surface area (Å²) in [6.45, 7) is 4.45. The van der Waals surface area contributed by atoms with E-state index in [1.165, 1.54) is 0 Å². The summed E-state index contributed by atoms with van der Waals surface area (Å²) in [6.07, 6.45) is 65.2. The number of carbonyl (C=O) groups excluding carboxylic acids is 1. The lowest BCUT2D eigenvalue weighted by molar-refractivity contribution is -0.870. The van der Waals surface area contributed by atoms with Gasteiger partial charge in [0.25, 0.3) is 0 Å². The van der Waals surface area contributed by atoms with Crippen LogP contribution in [0.5, 0.6) is 0 Å². The van der Waals surface area contributed by atoms with Gasteiger partial charge in [0.1, 0.15) is 13.2 Å². The standard InChI is InChI=1S/C52H83N2O6P/c1-6-8-10-12-14-16-18-19-20-21-22-23-24-25-26-27-28-29-30-31-32-33-34-35-36-38-40-42-44-46-52(56)53-50(49-60-61(57,58)59-48-47-54(3,4)5)51(55)45-43-41-39-37-17-15-13-11-9-7-2/h8-11,14,16-17,19-20,22-23,25-26,28-29,31-32,34-35,37-38,40,43,45,50-51,55H,6-7,12-13,15,18,21,24,27,30,33,36,39,41-42,44,46-49H2,1-5H3,(H-,53,56,57,58)/p+1/b10-8-,11-9+,16-14-,20-19-,23-22-,26-25-,29-28-,32-31-,35-34-,37-17+,40-38-,45-43+. The van der Waals surface area contributed by atoms with Crippen molar-refractivity contribution in [3.63, 3.8) is 0 Å². The molecule has 0 heterocycles. The van der Waals surface area contributed by atoms with E-state index in [1.54, 1.807) is 6.08 Å². The molecule has 1 amide bonds. The molecule has 9 heteroatoms. The van der Waals surface area contributed by atoms with E-state index >= 15 is 0 Å². The van der Waals surface area contributed by atoms with E-state index in [9.17, 15) is 19.4 Å². The van der Waals surface area contributed by atoms with E-state index in [-0.39, 0.29) is 25.5 Å². The number of aliphatic hydroxyl groups is 1. The Bertz CT molecular complexity index is 1490. The SMILES string of the molecule is CC/C=C\C/C=C\C/C=C\C/C=C\C/C=C\C/C=C\C/C=C\C/C=C\C/C=C\CCCC(=O)NC(COP(=O)(O)OCC[N+](C)(C)C)C(O)/C=C/CC/C=C/CC/C=C/CC. The number of nitrogens with zero attached hydrogens (tertiary/aromatic N) is 1. The van der Waals surface area contributed by atoms with Crippen LogP contribution in [0.4, 0.5) is 0 Å². The summed E-state index contributed by atoms with van der Waals surface area (Å²) in [6, 6.07) is -0.910. The molecule has 0 saturated carbocycles. The van der Waals surface area contributed by atoms with Crippen LogP contribution in [-0.4, -0.2) is 73.4 Å². The van der Waals surface area contributed by atoms with Gasteiger partial charge in [-0.2, -0.15) is 0 Å². The maximum Gasteiger partial charge on any atom is 0.472 e. The summed E-state index contributed by atoms with van der Waals surface area (Å²) in [7, 11) is 1.47. The second-order valence-corrected chi connectivity index (χ2v) is 17.1. The van der Waals surface area contributed by atoms with Crippen LogP contribution in [0.25, 0.3) is 0 Å². The summed E-state index contributed by atoms with van der Waals surface area (Å²) in [4.78, 5) is 23.0. The topological polar surface area (TPSA) is 105 Å². The Hall–Kier alpha value is -3.62. The number of phosphoric ester groups is 1. The molecule has 3 N–H and O–H groups in total. The molecule has 0 rings (SSSR count). The first kappa shape index (κ1) is 57.4. The van der Waals surface area contributed by atoms with Gasteiger partial charge in [-0.15, -0.1) is 0 Å². The molecule has 0 aliphatic carbocycles. The van der Waals surface area contributed by atoms with Crippen molar-refractivity contribution in [1.82, 2.24) is 5.32 Å². The van der Waals surface area contributed by atoms with E-state index in [1.807, 2.05) is 27.2 Å². The quantitative estimate of drug-likeness (QED) is 0.0247. The first-order valence-corrected chi connectivity index (χ1v) is 24.2. The van der Waals surface area contributed by atoms with Crippen molar-refractivity contribution in [3.8, 4) is 0 Å². The number of rotatable bonds is 38. The van der Waals surface area contributed by atoms with Crippen molar-refractivity contribution < 1.29 is 32.9 Å². The number of carbonyl (C=O) groups is 1. The molecular weight excluding hydrogens is 780 g/mol. The number of quaternary nitrogens is 1. The fourth-order valence-electron chi connectivity index (χ4n) is 5.25. The lowest BCUT2D eigenvalue weighted by atomic mass is 10.1. The van der Waals surface area contributed by atoms with Gasteiger partial charge in [0.05, 0.1) is 39.9 Å². The molecule has 0 saturated heterocycles. The summed E-state index contributed by atoms with van der Waals surface area (Å²) >= 11 is 0. The average molecular weight is 864 g/mol. The summed E-state index contributed by atoms with van der Waals surface area (Å²) in [5, 5.41) is 13.7. The molecule has 8 nitrogen and oxygen atoms in total. The molecule has 0 aliphatic heterocycles. The Morgan fingerprint density at radius 2 is 0.918 bits per heavy atom. The molecule has 0 aromatic heterocycles. The third kappa shape index (κ3) is 44.3. The fraction of sp³-hybridized carbons (Fsp3) is 0.519. The predicted octanol–water partition coefficient (Wildman–Crippen LogP) is 13.0. The Kier molecular flexibility index (Phi) is 39.2. The number of unbranched alkanes of at least 4 members (excludes halogenated alkanes) is 3. The van der Waals surface area contributed by atoms with Gasteiger partial charge in [0, 0.05) is 6.42 Å². The molecule has 0 bridgehead atoms. The minimum atomic E-state index is -4.37. The number of hydrogen-bond acceptors (Lipinski definition) is 5. The molecule has 0 aromatic carbocycles. The average Bonchev–Trinajstić information content (AvgIpc) is 3.21. The van der Waals surface area contributed by atoms with E-state index in [0.29, 0.717) is 17.4 Å². The minimum absolute atomic E-state index is 0.0330. The second-order valence-electron chi connectivity index (χ2n) is 15.6. The third-order valence-electron chi connectivity index (χ3n) is 8.78. The van der Waals surface area contributed by atoms with E-state index in [0.717, 1.165) is 96.3 Å². The molecule has 61 heavy (non-hydrogen) atoms. The maximum atomic E-state index is 12.8. The Morgan fingerprint density at radius 3 is 1.34 bits per heavy atom. The van der Waals surface area contributed by atoms with Crippen molar-refractivity contribution in [2.24, 2.45) is 0 Å². The highest BCUT2D eigenvalue weighted by atomic mass is 31.2. The van der Waals surface area contributed by atoms with Crippen LogP contribution >= 0.6 is 7.82 Å². The van der Waals surface area contributed by atoms with Crippen molar-refractivity contribution in [3.05, 3.63) is 146 Å². The highest BCUT2D eigenvalue weighted by molar-refractivity contribution is 7.47. The van der Waals surface area contributed by atoms with Gasteiger partial charge in [0.2, 0.25) is 5.91 Å². The summed E-state index contributed by atoms with van der Waals surface area (Å²) < 4.78 is 23.4. The molecule has 0 radical (unpaired) electrons. The van der Waals surface area contributed by atoms with E-state index in [4.69, 9.17) is 9.05 Å². The molecule has 0 aliphatic rings. The first-order valence-electron chi connectivity index (χ1n) is 22.7. The second kappa shape index (κ2) is 41.7. The monoisotopic (exact) mass is 864 g/mol. The third-order valence-corrected chi connectivity index (χ3v) is 9.77. The zero-order valence-electron chi connectivity index (χ0n) is 38.6. The van der Waals surface area contributed by atoms with Crippen molar-refractivity contribution >= 4 is 13.7 Å². The Labute approximate surface area is 372 Å². The number of aliphatic hydroxyl groups excluding tert-OH is 1. The van der Waals surface area contributed by atoms with Crippen LogP contribution < -0.4 is 5.32 Å². The number of amides is 1. The molecule has 3 atom stereocenters. The number of phosphoric acid groups is 1. The summed E-state index contributed by atoms with van der Waals surface area (Å²) in [5.41, 5.74) is 0. The van der Waals surface area contributed by atoms with Gasteiger partial charge in [-0.25, -0.2) is 4.57 Å². The van der Waals surface area contributed by atoms with Gasteiger partial charge in [0.15, 0.2) is 0 Å². The zero-order valence-corrected chi connectivity index (χ0v) is 39.5. The van der Waals surface area contributed by atoms with E-state index < -0.39 is 20.0 Å². The van der Waals surface area contributed by atoms with Gasteiger partial charge < -0.3 is 19.8 Å². The molecule has 3 unspecified atom stereocenters. The fourth-order valence-corrected chi connectivity index (χ4v) is 5.99. The van der Waals surface area contributed by atoms with Crippen molar-refractivity contribution in [1.29, 1.82) is 0 Å². The van der Waals surface area contributed by atoms with E-state index in [2.05, 4.69) is 153 Å². The molecule has 342 valence electrons. The minimum Gasteiger partial charge on any atom is -0.387 e. The van der Waals surface area contributed by atoms with Gasteiger partial charge in [-0.3, -0.25) is 13.8 Å². The Morgan fingerprint density at radius 1 is 0.557 bits per heavy atom. The highest BCUT2D eigenvalue weighted by Crippen LogP contribution is 2.43. The van der Waals surface area contributed by atoms with Crippen LogP contribution in [0.1, 0.15) is 123 Å². The number of likely N-dealkylation sites (N-methyl/N-ethyl adjacent to an activating group) is 1. The lowest BCUT2D eigenvalue weighted by Gasteiger charge is -2.25. The first-order chi connectivity index (χ1) is 29.5. The number of hydrogen-bond donors (Lipinski definition) is 3. The zero-order chi connectivity index (χ0) is 45.0. The summed E-state index contributed by atoms with van der Waals surface area (Å²) in [5.74, 6) is -0.260. The molecular formula is C52H84N2O6P+. The molecule has 0 aromatic rings. The van der Waals surface area contributed by atoms with Crippen molar-refractivity contribution in [2.45, 2.75) is 135 Å². The molecule has 0 fully saturated rings. The van der Waals surface area contributed by atoms with Gasteiger partial charge in [-0.1, -0.05) is 160 Å². The molecule has 0 spiro atoms. The Balaban J connectivity index is 4.44. The predicted molar refractivity (Wildman–Crippen MR) is 262 cm³/mol. The largest absolute Gasteiger partial charge is 0.472 e. The number of allylic oxidation sites excluding steroid dienone is 23. The van der Waals surface area contributed by atoms with Crippen molar-refractivity contribution in [2.75, 3.05) is 40.9 Å². The van der Waals surface area contributed by atoms with Gasteiger partial charge in [-0.05, 0) is 103 Å². The maximum absolute atomic E-state index is 12.8.